The molecule has 0 aromatic heterocycles. The molecule has 0 aliphatic rings. The van der Waals surface area contributed by atoms with Crippen LogP contribution < -0.4 is 5.32 Å². The van der Waals surface area contributed by atoms with Crippen LogP contribution in [0.1, 0.15) is 41.5 Å². The Morgan fingerprint density at radius 1 is 1.20 bits per heavy atom. The van der Waals surface area contributed by atoms with E-state index in [1.54, 1.807) is 0 Å². The van der Waals surface area contributed by atoms with Crippen molar-refractivity contribution in [3.05, 3.63) is 0 Å². The fraction of sp³-hybridized carbons (Fsp3) is 1.00. The first-order valence-electron chi connectivity index (χ1n) is 5.41. The van der Waals surface area contributed by atoms with Gasteiger partial charge in [-0.1, -0.05) is 0 Å². The van der Waals surface area contributed by atoms with Crippen LogP contribution in [0.2, 0.25) is 0 Å². The maximum atomic E-state index is 12.3. The highest BCUT2D eigenvalue weighted by atomic mass is 31.2. The number of hydrogen-bond acceptors (Lipinski definition) is 4. The average molecular weight is 237 g/mol. The monoisotopic (exact) mass is 237 g/mol. The van der Waals surface area contributed by atoms with Gasteiger partial charge in [-0.25, -0.2) is 0 Å². The molecule has 1 unspecified atom stereocenters. The summed E-state index contributed by atoms with van der Waals surface area (Å²) in [6, 6.07) is 0. The summed E-state index contributed by atoms with van der Waals surface area (Å²) < 4.78 is 22.8. The second kappa shape index (κ2) is 6.00. The van der Waals surface area contributed by atoms with Gasteiger partial charge in [0.05, 0.1) is 13.2 Å². The number of nitrogens with one attached hydrogen (secondary N) is 1. The van der Waals surface area contributed by atoms with Crippen molar-refractivity contribution in [2.24, 2.45) is 0 Å². The molecular weight excluding hydrogens is 213 g/mol. The molecule has 92 valence electrons. The summed E-state index contributed by atoms with van der Waals surface area (Å²) >= 11 is 0. The molecule has 15 heavy (non-hydrogen) atoms. The zero-order valence-electron chi connectivity index (χ0n) is 10.7. The summed E-state index contributed by atoms with van der Waals surface area (Å²) in [6.07, 6.45) is 0. The van der Waals surface area contributed by atoms with Crippen LogP contribution in [0.5, 0.6) is 0 Å². The zero-order valence-corrected chi connectivity index (χ0v) is 11.6. The fourth-order valence-corrected chi connectivity index (χ4v) is 3.11. The Labute approximate surface area is 93.3 Å². The van der Waals surface area contributed by atoms with Gasteiger partial charge < -0.3 is 9.05 Å². The molecule has 0 saturated heterocycles. The molecule has 1 N–H and O–H groups in total. The maximum absolute atomic E-state index is 12.3. The first kappa shape index (κ1) is 15.1. The summed E-state index contributed by atoms with van der Waals surface area (Å²) in [4.78, 5) is 0. The summed E-state index contributed by atoms with van der Waals surface area (Å²) in [5.74, 6) is -0.294. The van der Waals surface area contributed by atoms with E-state index in [1.165, 1.54) is 0 Å². The van der Waals surface area contributed by atoms with E-state index in [-0.39, 0.29) is 11.3 Å². The molecular formula is C10H24NO3P. The molecule has 0 saturated carbocycles. The minimum atomic E-state index is -3.02. The fourth-order valence-electron chi connectivity index (χ4n) is 1.33. The van der Waals surface area contributed by atoms with Gasteiger partial charge >= 0.3 is 7.60 Å². The molecule has 0 aliphatic carbocycles. The Hall–Kier alpha value is 0.110. The first-order chi connectivity index (χ1) is 6.75. The summed E-state index contributed by atoms with van der Waals surface area (Å²) in [6.45, 7) is 12.3. The highest BCUT2D eigenvalue weighted by Crippen LogP contribution is 2.52. The van der Waals surface area contributed by atoms with E-state index in [0.717, 1.165) is 0 Å². The van der Waals surface area contributed by atoms with Crippen LogP contribution in [-0.2, 0) is 13.6 Å². The summed E-state index contributed by atoms with van der Waals surface area (Å²) in [5, 5.41) is 3.22. The lowest BCUT2D eigenvalue weighted by atomic mass is 10.1. The molecule has 0 spiro atoms. The topological polar surface area (TPSA) is 47.6 Å². The Bertz CT molecular complexity index is 215. The van der Waals surface area contributed by atoms with E-state index in [0.29, 0.717) is 13.2 Å². The van der Waals surface area contributed by atoms with Crippen molar-refractivity contribution in [3.8, 4) is 0 Å². The molecule has 0 rings (SSSR count). The lowest BCUT2D eigenvalue weighted by Gasteiger charge is -2.30. The van der Waals surface area contributed by atoms with E-state index >= 15 is 0 Å². The Morgan fingerprint density at radius 3 is 1.87 bits per heavy atom. The number of hydrogen-bond donors (Lipinski definition) is 1. The lowest BCUT2D eigenvalue weighted by molar-refractivity contribution is 0.203. The zero-order chi connectivity index (χ0) is 12.1. The Balaban J connectivity index is 4.55. The highest BCUT2D eigenvalue weighted by Gasteiger charge is 2.33. The summed E-state index contributed by atoms with van der Waals surface area (Å²) in [5.41, 5.74) is -0.108. The van der Waals surface area contributed by atoms with Crippen molar-refractivity contribution < 1.29 is 13.6 Å². The van der Waals surface area contributed by atoms with Crippen molar-refractivity contribution in [1.82, 2.24) is 5.32 Å². The van der Waals surface area contributed by atoms with Crippen LogP contribution in [0.25, 0.3) is 0 Å². The van der Waals surface area contributed by atoms with Gasteiger partial charge in [0.15, 0.2) is 0 Å². The molecule has 0 fully saturated rings. The van der Waals surface area contributed by atoms with Gasteiger partial charge in [0.1, 0.15) is 5.78 Å². The number of rotatable bonds is 6. The Kier molecular flexibility index (Phi) is 6.04. The van der Waals surface area contributed by atoms with Crippen molar-refractivity contribution >= 4 is 7.60 Å². The molecule has 0 radical (unpaired) electrons. The smallest absolute Gasteiger partial charge is 0.308 e. The molecule has 0 heterocycles. The van der Waals surface area contributed by atoms with Crippen molar-refractivity contribution in [2.75, 3.05) is 13.2 Å². The second-order valence-corrected chi connectivity index (χ2v) is 6.82. The van der Waals surface area contributed by atoms with Crippen LogP contribution in [0.3, 0.4) is 0 Å². The molecule has 0 aromatic rings. The first-order valence-corrected chi connectivity index (χ1v) is 7.03. The average Bonchev–Trinajstić information content (AvgIpc) is 2.01. The Morgan fingerprint density at radius 2 is 1.60 bits per heavy atom. The van der Waals surface area contributed by atoms with Crippen molar-refractivity contribution in [1.29, 1.82) is 0 Å². The predicted molar refractivity (Wildman–Crippen MR) is 63.2 cm³/mol. The second-order valence-electron chi connectivity index (χ2n) is 4.45. The largest absolute Gasteiger partial charge is 0.347 e. The molecule has 0 amide bonds. The third-order valence-electron chi connectivity index (χ3n) is 1.73. The van der Waals surface area contributed by atoms with Gasteiger partial charge in [0.25, 0.3) is 0 Å². The van der Waals surface area contributed by atoms with E-state index in [9.17, 15) is 4.57 Å². The van der Waals surface area contributed by atoms with Gasteiger partial charge in [-0.3, -0.25) is 9.88 Å². The normalized spacial score (nSPS) is 15.3. The standard InChI is InChI=1S/C10H24NO3P/c1-7-13-15(12,14-8-2)9(3)11-10(4,5)6/h9,11H,7-8H2,1-6H3. The van der Waals surface area contributed by atoms with Crippen LogP contribution in [0.15, 0.2) is 0 Å². The lowest BCUT2D eigenvalue weighted by Crippen LogP contribution is -2.42. The van der Waals surface area contributed by atoms with E-state index in [2.05, 4.69) is 5.32 Å². The predicted octanol–water partition coefficient (Wildman–Crippen LogP) is 2.99. The third kappa shape index (κ3) is 5.67. The van der Waals surface area contributed by atoms with E-state index in [1.807, 2.05) is 41.5 Å². The van der Waals surface area contributed by atoms with Crippen LogP contribution in [-0.4, -0.2) is 24.5 Å². The van der Waals surface area contributed by atoms with Gasteiger partial charge in [0, 0.05) is 5.54 Å². The minimum Gasteiger partial charge on any atom is -0.308 e. The van der Waals surface area contributed by atoms with Gasteiger partial charge in [0.2, 0.25) is 0 Å². The van der Waals surface area contributed by atoms with Gasteiger partial charge in [-0.05, 0) is 41.5 Å². The van der Waals surface area contributed by atoms with Crippen LogP contribution >= 0.6 is 7.60 Å². The van der Waals surface area contributed by atoms with Crippen molar-refractivity contribution in [3.63, 3.8) is 0 Å². The molecule has 0 aromatic carbocycles. The highest BCUT2D eigenvalue weighted by molar-refractivity contribution is 7.54. The van der Waals surface area contributed by atoms with Crippen LogP contribution in [0, 0.1) is 0 Å². The summed E-state index contributed by atoms with van der Waals surface area (Å²) in [7, 11) is -3.02. The SMILES string of the molecule is CCOP(=O)(OCC)C(C)NC(C)(C)C. The maximum Gasteiger partial charge on any atom is 0.347 e. The molecule has 4 nitrogen and oxygen atoms in total. The molecule has 0 bridgehead atoms. The van der Waals surface area contributed by atoms with Crippen molar-refractivity contribution in [2.45, 2.75) is 52.9 Å². The molecule has 5 heteroatoms. The van der Waals surface area contributed by atoms with E-state index < -0.39 is 7.60 Å². The van der Waals surface area contributed by atoms with Gasteiger partial charge in [-0.2, -0.15) is 0 Å². The minimum absolute atomic E-state index is 0.108. The third-order valence-corrected chi connectivity index (χ3v) is 4.05. The quantitative estimate of drug-likeness (QED) is 0.721. The molecule has 0 aliphatic heterocycles. The van der Waals surface area contributed by atoms with Crippen LogP contribution in [0.4, 0.5) is 0 Å². The van der Waals surface area contributed by atoms with E-state index in [4.69, 9.17) is 9.05 Å². The van der Waals surface area contributed by atoms with Gasteiger partial charge in [-0.15, -0.1) is 0 Å². The molecule has 1 atom stereocenters.